The van der Waals surface area contributed by atoms with Gasteiger partial charge in [-0.2, -0.15) is 0 Å². The molecule has 0 aliphatic heterocycles. The number of methoxy groups -OCH3 is 1. The Labute approximate surface area is 175 Å². The van der Waals surface area contributed by atoms with Gasteiger partial charge >= 0.3 is 0 Å². The Morgan fingerprint density at radius 1 is 0.897 bits per heavy atom. The first-order chi connectivity index (χ1) is 14.1. The number of amides is 1. The van der Waals surface area contributed by atoms with Gasteiger partial charge in [0.1, 0.15) is 17.2 Å². The zero-order chi connectivity index (χ0) is 20.5. The van der Waals surface area contributed by atoms with Gasteiger partial charge in [-0.25, -0.2) is 0 Å². The van der Waals surface area contributed by atoms with Crippen LogP contribution in [-0.4, -0.2) is 18.1 Å². The lowest BCUT2D eigenvalue weighted by Crippen LogP contribution is -2.32. The number of hydrogen-bond acceptors (Lipinski definition) is 4. The van der Waals surface area contributed by atoms with Crippen LogP contribution in [0.2, 0.25) is 0 Å². The van der Waals surface area contributed by atoms with Crippen molar-refractivity contribution in [2.24, 2.45) is 0 Å². The van der Waals surface area contributed by atoms with Gasteiger partial charge in [0.05, 0.1) is 7.11 Å². The number of ether oxygens (including phenoxy) is 2. The summed E-state index contributed by atoms with van der Waals surface area (Å²) in [5, 5.41) is 5.79. The van der Waals surface area contributed by atoms with Crippen molar-refractivity contribution in [1.29, 1.82) is 0 Å². The van der Waals surface area contributed by atoms with Crippen molar-refractivity contribution in [3.8, 4) is 17.2 Å². The molecule has 6 heteroatoms. The van der Waals surface area contributed by atoms with E-state index in [1.54, 1.807) is 13.2 Å². The molecule has 0 heterocycles. The number of carbonyl (C=O) groups is 1. The summed E-state index contributed by atoms with van der Waals surface area (Å²) in [5.74, 6) is 1.82. The Kier molecular flexibility index (Phi) is 6.97. The van der Waals surface area contributed by atoms with Crippen molar-refractivity contribution in [1.82, 2.24) is 5.32 Å². The minimum atomic E-state index is -0.336. The Bertz CT molecular complexity index is 1000. The summed E-state index contributed by atoms with van der Waals surface area (Å²) in [6.45, 7) is 0. The molecule has 3 rings (SSSR count). The lowest BCUT2D eigenvalue weighted by Gasteiger charge is -2.10. The van der Waals surface area contributed by atoms with Gasteiger partial charge in [0.15, 0.2) is 5.11 Å². The van der Waals surface area contributed by atoms with E-state index < -0.39 is 0 Å². The zero-order valence-electron chi connectivity index (χ0n) is 15.8. The molecular formula is C23H20N2O3S. The molecule has 0 bridgehead atoms. The summed E-state index contributed by atoms with van der Waals surface area (Å²) in [5.41, 5.74) is 1.54. The minimum Gasteiger partial charge on any atom is -0.496 e. The lowest BCUT2D eigenvalue weighted by atomic mass is 10.2. The Hall–Kier alpha value is -3.64. The molecule has 3 aromatic rings. The van der Waals surface area contributed by atoms with E-state index >= 15 is 0 Å². The number of anilines is 1. The highest BCUT2D eigenvalue weighted by Crippen LogP contribution is 2.22. The average molecular weight is 404 g/mol. The molecule has 3 aromatic carbocycles. The van der Waals surface area contributed by atoms with Crippen molar-refractivity contribution in [3.63, 3.8) is 0 Å². The smallest absolute Gasteiger partial charge is 0.250 e. The number of carbonyl (C=O) groups excluding carboxylic acids is 1. The van der Waals surface area contributed by atoms with Crippen molar-refractivity contribution >= 4 is 35.0 Å². The number of thiocarbonyl (C=S) groups is 1. The van der Waals surface area contributed by atoms with E-state index in [-0.39, 0.29) is 11.0 Å². The largest absolute Gasteiger partial charge is 0.496 e. The molecule has 0 fully saturated rings. The Morgan fingerprint density at radius 3 is 2.28 bits per heavy atom. The van der Waals surface area contributed by atoms with E-state index in [2.05, 4.69) is 10.6 Å². The average Bonchev–Trinajstić information content (AvgIpc) is 2.74. The highest BCUT2D eigenvalue weighted by Gasteiger charge is 2.04. The van der Waals surface area contributed by atoms with Crippen molar-refractivity contribution in [2.75, 3.05) is 12.4 Å². The third-order valence-electron chi connectivity index (χ3n) is 3.88. The SMILES string of the molecule is COc1ccccc1C=CC(=O)NC(=S)Nc1ccc(Oc2ccccc2)cc1. The van der Waals surface area contributed by atoms with E-state index in [0.29, 0.717) is 11.5 Å². The van der Waals surface area contributed by atoms with Gasteiger partial charge in [-0.05, 0) is 60.8 Å². The Morgan fingerprint density at radius 2 is 1.55 bits per heavy atom. The van der Waals surface area contributed by atoms with Gasteiger partial charge in [0.2, 0.25) is 5.91 Å². The van der Waals surface area contributed by atoms with Gasteiger partial charge in [-0.15, -0.1) is 0 Å². The predicted molar refractivity (Wildman–Crippen MR) is 119 cm³/mol. The summed E-state index contributed by atoms with van der Waals surface area (Å²) in [7, 11) is 1.59. The van der Waals surface area contributed by atoms with Crippen molar-refractivity contribution in [2.45, 2.75) is 0 Å². The fourth-order valence-electron chi connectivity index (χ4n) is 2.52. The number of benzene rings is 3. The van der Waals surface area contributed by atoms with Crippen LogP contribution in [-0.2, 0) is 4.79 Å². The second-order valence-corrected chi connectivity index (χ2v) is 6.37. The highest BCUT2D eigenvalue weighted by atomic mass is 32.1. The molecule has 1 amide bonds. The van der Waals surface area contributed by atoms with Gasteiger partial charge in [-0.3, -0.25) is 10.1 Å². The minimum absolute atomic E-state index is 0.205. The maximum atomic E-state index is 12.1. The second kappa shape index (κ2) is 10.1. The number of para-hydroxylation sites is 2. The first-order valence-corrected chi connectivity index (χ1v) is 9.31. The topological polar surface area (TPSA) is 59.6 Å². The molecule has 29 heavy (non-hydrogen) atoms. The van der Waals surface area contributed by atoms with Crippen molar-refractivity contribution < 1.29 is 14.3 Å². The van der Waals surface area contributed by atoms with E-state index in [4.69, 9.17) is 21.7 Å². The van der Waals surface area contributed by atoms with Crippen LogP contribution in [0.3, 0.4) is 0 Å². The van der Waals surface area contributed by atoms with Gasteiger partial charge in [0.25, 0.3) is 0 Å². The van der Waals surface area contributed by atoms with E-state index in [9.17, 15) is 4.79 Å². The molecule has 0 aliphatic carbocycles. The standard InChI is InChI=1S/C23H20N2O3S/c1-27-21-10-6-5-7-17(21)11-16-22(26)25-23(29)24-18-12-14-20(15-13-18)28-19-8-3-2-4-9-19/h2-16H,1H3,(H2,24,25,26,29). The fourth-order valence-corrected chi connectivity index (χ4v) is 2.73. The predicted octanol–water partition coefficient (Wildman–Crippen LogP) is 5.01. The molecule has 0 radical (unpaired) electrons. The lowest BCUT2D eigenvalue weighted by molar-refractivity contribution is -0.115. The zero-order valence-corrected chi connectivity index (χ0v) is 16.6. The maximum Gasteiger partial charge on any atom is 0.250 e. The quantitative estimate of drug-likeness (QED) is 0.447. The van der Waals surface area contributed by atoms with Crippen LogP contribution in [0.4, 0.5) is 5.69 Å². The molecular weight excluding hydrogens is 384 g/mol. The number of nitrogens with one attached hydrogen (secondary N) is 2. The molecule has 146 valence electrons. The van der Waals surface area contributed by atoms with E-state index in [0.717, 1.165) is 17.0 Å². The second-order valence-electron chi connectivity index (χ2n) is 5.96. The van der Waals surface area contributed by atoms with Gasteiger partial charge < -0.3 is 14.8 Å². The van der Waals surface area contributed by atoms with Crippen LogP contribution in [0, 0.1) is 0 Å². The number of hydrogen-bond donors (Lipinski definition) is 2. The number of rotatable bonds is 6. The summed E-state index contributed by atoms with van der Waals surface area (Å²) >= 11 is 5.20. The van der Waals surface area contributed by atoms with Crippen LogP contribution in [0.15, 0.2) is 84.9 Å². The van der Waals surface area contributed by atoms with Crippen LogP contribution in [0.5, 0.6) is 17.2 Å². The van der Waals surface area contributed by atoms with Gasteiger partial charge in [-0.1, -0.05) is 36.4 Å². The molecule has 0 unspecified atom stereocenters. The first-order valence-electron chi connectivity index (χ1n) is 8.90. The summed E-state index contributed by atoms with van der Waals surface area (Å²) in [6, 6.07) is 24.2. The van der Waals surface area contributed by atoms with Crippen LogP contribution in [0.25, 0.3) is 6.08 Å². The molecule has 5 nitrogen and oxygen atoms in total. The molecule has 0 aliphatic rings. The Balaban J connectivity index is 1.52. The normalized spacial score (nSPS) is 10.4. The van der Waals surface area contributed by atoms with E-state index in [1.807, 2.05) is 78.9 Å². The van der Waals surface area contributed by atoms with E-state index in [1.165, 1.54) is 6.08 Å². The monoisotopic (exact) mass is 404 g/mol. The first kappa shape index (κ1) is 20.1. The maximum absolute atomic E-state index is 12.1. The molecule has 0 saturated heterocycles. The molecule has 0 spiro atoms. The molecule has 0 aromatic heterocycles. The van der Waals surface area contributed by atoms with Crippen LogP contribution < -0.4 is 20.1 Å². The molecule has 2 N–H and O–H groups in total. The van der Waals surface area contributed by atoms with Crippen LogP contribution in [0.1, 0.15) is 5.56 Å². The summed E-state index contributed by atoms with van der Waals surface area (Å²) in [4.78, 5) is 12.1. The van der Waals surface area contributed by atoms with Crippen LogP contribution >= 0.6 is 12.2 Å². The highest BCUT2D eigenvalue weighted by molar-refractivity contribution is 7.80. The van der Waals surface area contributed by atoms with Crippen molar-refractivity contribution in [3.05, 3.63) is 90.5 Å². The third-order valence-corrected chi connectivity index (χ3v) is 4.09. The fraction of sp³-hybridized carbons (Fsp3) is 0.0435. The summed E-state index contributed by atoms with van der Waals surface area (Å²) in [6.07, 6.45) is 3.08. The summed E-state index contributed by atoms with van der Waals surface area (Å²) < 4.78 is 11.0. The molecule has 0 saturated carbocycles. The molecule has 0 atom stereocenters. The van der Waals surface area contributed by atoms with Gasteiger partial charge in [0, 0.05) is 17.3 Å². The third kappa shape index (κ3) is 6.19.